The molecule has 19 heavy (non-hydrogen) atoms. The lowest BCUT2D eigenvalue weighted by Crippen LogP contribution is -2.24. The Bertz CT molecular complexity index is 580. The highest BCUT2D eigenvalue weighted by Gasteiger charge is 2.31. The van der Waals surface area contributed by atoms with Gasteiger partial charge in [-0.2, -0.15) is 0 Å². The Kier molecular flexibility index (Phi) is 3.05. The number of nitrogens with zero attached hydrogens (tertiary/aromatic N) is 2. The van der Waals surface area contributed by atoms with E-state index in [9.17, 15) is 0 Å². The predicted octanol–water partition coefficient (Wildman–Crippen LogP) is 3.04. The maximum Gasteiger partial charge on any atom is 0.160 e. The summed E-state index contributed by atoms with van der Waals surface area (Å²) in [5.41, 5.74) is 8.80. The Hall–Kier alpha value is -1.78. The van der Waals surface area contributed by atoms with Crippen LogP contribution < -0.4 is 11.1 Å². The maximum absolute atomic E-state index is 5.86. The normalized spacial score (nSPS) is 26.9. The van der Waals surface area contributed by atoms with Crippen molar-refractivity contribution in [2.75, 3.05) is 11.1 Å². The van der Waals surface area contributed by atoms with Crippen LogP contribution in [0.15, 0.2) is 16.8 Å². The number of aromatic nitrogens is 2. The van der Waals surface area contributed by atoms with E-state index in [-0.39, 0.29) is 0 Å². The molecule has 5 heteroatoms. The Labute approximate surface area is 112 Å². The van der Waals surface area contributed by atoms with Gasteiger partial charge in [0.15, 0.2) is 11.0 Å². The molecule has 1 aromatic carbocycles. The number of fused-ring (bicyclic) bond motifs is 1. The number of nitrogens with two attached hydrogens (primary N) is 1. The van der Waals surface area contributed by atoms with Gasteiger partial charge in [-0.3, -0.25) is 0 Å². The second-order valence-corrected chi connectivity index (χ2v) is 5.52. The molecule has 5 nitrogen and oxygen atoms in total. The lowest BCUT2D eigenvalue weighted by atomic mass is 9.93. The van der Waals surface area contributed by atoms with E-state index in [1.807, 2.05) is 12.1 Å². The standard InChI is InChI=1S/C14H20N4O/c1-3-9-4-6-11(8(9)2)16-12-7-5-10(15)13-14(12)18-19-17-13/h5,7-9,11,16H,3-4,6,15H2,1-2H3. The highest BCUT2D eigenvalue weighted by molar-refractivity contribution is 5.95. The van der Waals surface area contributed by atoms with E-state index in [1.165, 1.54) is 19.3 Å². The number of hydrogen-bond donors (Lipinski definition) is 2. The van der Waals surface area contributed by atoms with Crippen molar-refractivity contribution >= 4 is 22.4 Å². The van der Waals surface area contributed by atoms with Crippen molar-refractivity contribution in [2.45, 2.75) is 39.2 Å². The Morgan fingerprint density at radius 2 is 2.11 bits per heavy atom. The molecule has 0 spiro atoms. The molecule has 0 amide bonds. The van der Waals surface area contributed by atoms with Crippen LogP contribution in [-0.4, -0.2) is 16.4 Å². The number of rotatable bonds is 3. The first-order valence-electron chi connectivity index (χ1n) is 6.98. The molecule has 3 rings (SSSR count). The summed E-state index contributed by atoms with van der Waals surface area (Å²) in [5, 5.41) is 11.4. The fourth-order valence-electron chi connectivity index (χ4n) is 3.23. The molecule has 0 aliphatic heterocycles. The van der Waals surface area contributed by atoms with E-state index < -0.39 is 0 Å². The van der Waals surface area contributed by atoms with Crippen LogP contribution in [0.4, 0.5) is 11.4 Å². The predicted molar refractivity (Wildman–Crippen MR) is 75.8 cm³/mol. The molecule has 1 aliphatic carbocycles. The Morgan fingerprint density at radius 1 is 1.32 bits per heavy atom. The summed E-state index contributed by atoms with van der Waals surface area (Å²) in [4.78, 5) is 0. The molecule has 1 heterocycles. The topological polar surface area (TPSA) is 77.0 Å². The molecule has 0 radical (unpaired) electrons. The van der Waals surface area contributed by atoms with Crippen LogP contribution in [0, 0.1) is 11.8 Å². The third kappa shape index (κ3) is 2.03. The van der Waals surface area contributed by atoms with Crippen LogP contribution in [0.25, 0.3) is 11.0 Å². The monoisotopic (exact) mass is 260 g/mol. The van der Waals surface area contributed by atoms with Gasteiger partial charge in [0.2, 0.25) is 0 Å². The van der Waals surface area contributed by atoms with Crippen LogP contribution in [0.1, 0.15) is 33.1 Å². The van der Waals surface area contributed by atoms with Crippen LogP contribution in [0.2, 0.25) is 0 Å². The maximum atomic E-state index is 5.86. The summed E-state index contributed by atoms with van der Waals surface area (Å²) in [6.45, 7) is 4.60. The van der Waals surface area contributed by atoms with Crippen molar-refractivity contribution in [1.82, 2.24) is 10.3 Å². The van der Waals surface area contributed by atoms with Gasteiger partial charge in [-0.1, -0.05) is 20.3 Å². The van der Waals surface area contributed by atoms with Crippen LogP contribution >= 0.6 is 0 Å². The number of nitrogen functional groups attached to an aromatic ring is 1. The highest BCUT2D eigenvalue weighted by Crippen LogP contribution is 2.37. The molecular weight excluding hydrogens is 240 g/mol. The van der Waals surface area contributed by atoms with Gasteiger partial charge in [-0.05, 0) is 47.1 Å². The van der Waals surface area contributed by atoms with Gasteiger partial charge >= 0.3 is 0 Å². The van der Waals surface area contributed by atoms with E-state index in [0.717, 1.165) is 17.1 Å². The number of nitrogens with one attached hydrogen (secondary N) is 1. The molecule has 1 aromatic heterocycles. The third-order valence-electron chi connectivity index (χ3n) is 4.54. The van der Waals surface area contributed by atoms with Crippen molar-refractivity contribution < 1.29 is 4.63 Å². The summed E-state index contributed by atoms with van der Waals surface area (Å²) in [6, 6.07) is 4.31. The van der Waals surface area contributed by atoms with Gasteiger partial charge in [0.25, 0.3) is 0 Å². The smallest absolute Gasteiger partial charge is 0.160 e. The molecule has 3 unspecified atom stereocenters. The first kappa shape index (κ1) is 12.3. The largest absolute Gasteiger partial charge is 0.397 e. The van der Waals surface area contributed by atoms with E-state index in [2.05, 4.69) is 29.5 Å². The summed E-state index contributed by atoms with van der Waals surface area (Å²) in [5.74, 6) is 1.50. The Balaban J connectivity index is 1.86. The molecular formula is C14H20N4O. The van der Waals surface area contributed by atoms with Crippen molar-refractivity contribution in [3.8, 4) is 0 Å². The molecule has 3 atom stereocenters. The number of hydrogen-bond acceptors (Lipinski definition) is 5. The molecule has 3 N–H and O–H groups in total. The third-order valence-corrected chi connectivity index (χ3v) is 4.54. The van der Waals surface area contributed by atoms with Gasteiger partial charge in [-0.15, -0.1) is 0 Å². The minimum atomic E-state index is 0.494. The molecule has 1 saturated carbocycles. The van der Waals surface area contributed by atoms with Crippen molar-refractivity contribution in [3.63, 3.8) is 0 Å². The van der Waals surface area contributed by atoms with Gasteiger partial charge in [-0.25, -0.2) is 4.63 Å². The van der Waals surface area contributed by atoms with Crippen molar-refractivity contribution in [2.24, 2.45) is 11.8 Å². The second kappa shape index (κ2) is 4.72. The summed E-state index contributed by atoms with van der Waals surface area (Å²) in [6.07, 6.45) is 3.75. The zero-order valence-electron chi connectivity index (χ0n) is 11.4. The summed E-state index contributed by atoms with van der Waals surface area (Å²) >= 11 is 0. The number of anilines is 2. The summed E-state index contributed by atoms with van der Waals surface area (Å²) in [7, 11) is 0. The minimum Gasteiger partial charge on any atom is -0.397 e. The van der Waals surface area contributed by atoms with Gasteiger partial charge in [0.1, 0.15) is 0 Å². The van der Waals surface area contributed by atoms with Gasteiger partial charge < -0.3 is 11.1 Å². The van der Waals surface area contributed by atoms with E-state index in [1.54, 1.807) is 0 Å². The first-order valence-corrected chi connectivity index (χ1v) is 6.98. The van der Waals surface area contributed by atoms with Gasteiger partial charge in [0.05, 0.1) is 11.4 Å². The fourth-order valence-corrected chi connectivity index (χ4v) is 3.23. The average molecular weight is 260 g/mol. The molecule has 2 aromatic rings. The Morgan fingerprint density at radius 3 is 2.84 bits per heavy atom. The lowest BCUT2D eigenvalue weighted by Gasteiger charge is -2.22. The highest BCUT2D eigenvalue weighted by atomic mass is 16.6. The quantitative estimate of drug-likeness (QED) is 0.829. The summed E-state index contributed by atoms with van der Waals surface area (Å²) < 4.78 is 4.80. The molecule has 0 saturated heterocycles. The molecule has 1 aliphatic rings. The average Bonchev–Trinajstić information content (AvgIpc) is 3.01. The van der Waals surface area contributed by atoms with Crippen LogP contribution in [-0.2, 0) is 0 Å². The minimum absolute atomic E-state index is 0.494. The van der Waals surface area contributed by atoms with E-state index in [4.69, 9.17) is 10.4 Å². The van der Waals surface area contributed by atoms with Crippen molar-refractivity contribution in [3.05, 3.63) is 12.1 Å². The van der Waals surface area contributed by atoms with Gasteiger partial charge in [0, 0.05) is 6.04 Å². The SMILES string of the molecule is CCC1CCC(Nc2ccc(N)c3nonc23)C1C. The zero-order valence-corrected chi connectivity index (χ0v) is 11.4. The van der Waals surface area contributed by atoms with E-state index in [0.29, 0.717) is 23.2 Å². The van der Waals surface area contributed by atoms with Crippen LogP contribution in [0.5, 0.6) is 0 Å². The second-order valence-electron chi connectivity index (χ2n) is 5.52. The number of benzene rings is 1. The van der Waals surface area contributed by atoms with E-state index >= 15 is 0 Å². The first-order chi connectivity index (χ1) is 9.20. The molecule has 102 valence electrons. The fraction of sp³-hybridized carbons (Fsp3) is 0.571. The lowest BCUT2D eigenvalue weighted by molar-refractivity contribution is 0.315. The molecule has 1 fully saturated rings. The zero-order chi connectivity index (χ0) is 13.4. The molecule has 0 bridgehead atoms. The van der Waals surface area contributed by atoms with Crippen molar-refractivity contribution in [1.29, 1.82) is 0 Å². The van der Waals surface area contributed by atoms with Crippen LogP contribution in [0.3, 0.4) is 0 Å².